The van der Waals surface area contributed by atoms with Crippen molar-refractivity contribution in [3.63, 3.8) is 0 Å². The highest BCUT2D eigenvalue weighted by atomic mass is 35.5. The molecule has 1 aliphatic heterocycles. The number of hydrogen-bond donors (Lipinski definition) is 6. The number of carbonyl (C=O) groups is 2. The third kappa shape index (κ3) is 9.20. The Balaban J connectivity index is 1.25. The quantitative estimate of drug-likeness (QED) is 0.0709. The molecule has 0 fully saturated rings. The Hall–Kier alpha value is -5.97. The molecule has 13 heteroatoms. The Bertz CT molecular complexity index is 2350. The molecule has 294 valence electrons. The SMILES string of the molecule is CNC(=O)N[C@@H]1CNCc2cc(-c3cccc(-c4cccc(COc5cc(OCc6cncc(C#N)c6)c(CN[C@@](C)(CO)C(=O)O)cc5Cl)c4C)c3C)ccc21. The van der Waals surface area contributed by atoms with Crippen molar-refractivity contribution in [1.82, 2.24) is 26.3 Å². The van der Waals surface area contributed by atoms with Crippen molar-refractivity contribution in [1.29, 1.82) is 5.26 Å². The number of carboxylic acids is 1. The van der Waals surface area contributed by atoms with Crippen LogP contribution in [0.3, 0.4) is 0 Å². The molecule has 4 aromatic carbocycles. The number of aliphatic carboxylic acids is 1. The number of aliphatic hydroxyl groups excluding tert-OH is 1. The van der Waals surface area contributed by atoms with Crippen molar-refractivity contribution in [2.75, 3.05) is 20.2 Å². The first-order valence-electron chi connectivity index (χ1n) is 18.5. The van der Waals surface area contributed by atoms with Crippen molar-refractivity contribution in [3.8, 4) is 39.8 Å². The first kappa shape index (κ1) is 40.7. The van der Waals surface area contributed by atoms with E-state index in [4.69, 9.17) is 21.1 Å². The van der Waals surface area contributed by atoms with Crippen LogP contribution in [0.15, 0.2) is 85.2 Å². The average Bonchev–Trinajstić information content (AvgIpc) is 3.22. The van der Waals surface area contributed by atoms with E-state index in [1.165, 1.54) is 13.1 Å². The molecule has 2 atom stereocenters. The van der Waals surface area contributed by atoms with E-state index in [0.717, 1.165) is 50.1 Å². The molecule has 5 aromatic rings. The predicted octanol–water partition coefficient (Wildman–Crippen LogP) is 6.71. The number of aromatic nitrogens is 1. The normalized spacial score (nSPS) is 14.4. The molecule has 2 heterocycles. The van der Waals surface area contributed by atoms with Crippen LogP contribution >= 0.6 is 11.6 Å². The standard InChI is InChI=1S/C44H45ClN6O6/c1-26-31(7-5-9-35(26)36-10-6-8-34(27(36)2)30-11-12-37-32(14-30)20-49-22-39(37)51-43(55)47-4)24-57-41-16-40(56-23-29-13-28(17-46)18-48-19-29)33(15-38(41)45)21-50-44(3,25-52)42(53)54/h5-16,18-19,39,49-50,52H,20-25H2,1-4H3,(H,53,54)(H2,47,51,55)/t39-,44+/m1/s1. The van der Waals surface area contributed by atoms with Crippen LogP contribution in [0.4, 0.5) is 4.79 Å². The number of amides is 2. The monoisotopic (exact) mass is 788 g/mol. The molecular weight excluding hydrogens is 744 g/mol. The number of benzene rings is 4. The highest BCUT2D eigenvalue weighted by molar-refractivity contribution is 6.32. The maximum absolute atomic E-state index is 12.1. The molecule has 57 heavy (non-hydrogen) atoms. The van der Waals surface area contributed by atoms with Crippen LogP contribution in [-0.4, -0.2) is 52.9 Å². The minimum atomic E-state index is -1.60. The zero-order valence-corrected chi connectivity index (χ0v) is 33.0. The molecule has 12 nitrogen and oxygen atoms in total. The fourth-order valence-corrected chi connectivity index (χ4v) is 7.09. The molecular formula is C44H45ClN6O6. The lowest BCUT2D eigenvalue weighted by molar-refractivity contribution is -0.145. The molecule has 0 unspecified atom stereocenters. The van der Waals surface area contributed by atoms with Gasteiger partial charge in [0, 0.05) is 56.3 Å². The first-order chi connectivity index (χ1) is 27.4. The molecule has 0 aliphatic carbocycles. The third-order valence-electron chi connectivity index (χ3n) is 10.4. The number of ether oxygens (including phenoxy) is 2. The first-order valence-corrected chi connectivity index (χ1v) is 18.8. The number of carboxylic acid groups (broad SMARTS) is 1. The van der Waals surface area contributed by atoms with Gasteiger partial charge in [0.25, 0.3) is 0 Å². The molecule has 2 amide bonds. The van der Waals surface area contributed by atoms with Gasteiger partial charge in [-0.05, 0) is 89.0 Å². The Labute approximate surface area is 336 Å². The van der Waals surface area contributed by atoms with E-state index in [-0.39, 0.29) is 31.8 Å². The molecule has 0 spiro atoms. The van der Waals surface area contributed by atoms with Crippen molar-refractivity contribution < 1.29 is 29.3 Å². The van der Waals surface area contributed by atoms with Crippen LogP contribution < -0.4 is 30.7 Å². The lowest BCUT2D eigenvalue weighted by atomic mass is 9.87. The molecule has 0 radical (unpaired) electrons. The van der Waals surface area contributed by atoms with Crippen LogP contribution in [0.25, 0.3) is 22.3 Å². The zero-order chi connectivity index (χ0) is 40.7. The van der Waals surface area contributed by atoms with Gasteiger partial charge in [0.2, 0.25) is 0 Å². The van der Waals surface area contributed by atoms with Crippen LogP contribution in [0.2, 0.25) is 5.02 Å². The summed E-state index contributed by atoms with van der Waals surface area (Å²) in [7, 11) is 1.61. The summed E-state index contributed by atoms with van der Waals surface area (Å²) in [4.78, 5) is 28.0. The van der Waals surface area contributed by atoms with Gasteiger partial charge >= 0.3 is 12.0 Å². The van der Waals surface area contributed by atoms with E-state index >= 15 is 0 Å². The second-order valence-electron chi connectivity index (χ2n) is 14.2. The van der Waals surface area contributed by atoms with Gasteiger partial charge in [-0.25, -0.2) is 4.79 Å². The summed E-state index contributed by atoms with van der Waals surface area (Å²) < 4.78 is 12.5. The lowest BCUT2D eigenvalue weighted by Crippen LogP contribution is -2.52. The molecule has 0 saturated carbocycles. The Morgan fingerprint density at radius 1 is 0.965 bits per heavy atom. The summed E-state index contributed by atoms with van der Waals surface area (Å²) >= 11 is 6.77. The predicted molar refractivity (Wildman–Crippen MR) is 218 cm³/mol. The van der Waals surface area contributed by atoms with Crippen LogP contribution in [0.1, 0.15) is 57.5 Å². The number of aliphatic hydroxyl groups is 1. The summed E-state index contributed by atoms with van der Waals surface area (Å²) in [6.07, 6.45) is 3.06. The van der Waals surface area contributed by atoms with Gasteiger partial charge in [0.15, 0.2) is 0 Å². The number of pyridine rings is 1. The van der Waals surface area contributed by atoms with Gasteiger partial charge in [-0.2, -0.15) is 5.26 Å². The van der Waals surface area contributed by atoms with Gasteiger partial charge in [0.1, 0.15) is 36.3 Å². The van der Waals surface area contributed by atoms with E-state index in [9.17, 15) is 25.1 Å². The fraction of sp³-hybridized carbons (Fsp3) is 0.273. The van der Waals surface area contributed by atoms with E-state index in [0.29, 0.717) is 46.3 Å². The van der Waals surface area contributed by atoms with Crippen molar-refractivity contribution >= 4 is 23.6 Å². The number of nitriles is 1. The van der Waals surface area contributed by atoms with Gasteiger partial charge in [-0.3, -0.25) is 15.1 Å². The van der Waals surface area contributed by atoms with Gasteiger partial charge < -0.3 is 35.6 Å². The molecule has 1 aromatic heterocycles. The second-order valence-corrected chi connectivity index (χ2v) is 14.6. The smallest absolute Gasteiger partial charge is 0.326 e. The number of fused-ring (bicyclic) bond motifs is 1. The summed E-state index contributed by atoms with van der Waals surface area (Å²) in [6, 6.07) is 25.6. The summed E-state index contributed by atoms with van der Waals surface area (Å²) in [5, 5.41) is 41.0. The number of nitrogens with one attached hydrogen (secondary N) is 4. The topological polar surface area (TPSA) is 178 Å². The number of hydrogen-bond acceptors (Lipinski definition) is 9. The lowest BCUT2D eigenvalue weighted by Gasteiger charge is -2.28. The summed E-state index contributed by atoms with van der Waals surface area (Å²) in [6.45, 7) is 6.63. The molecule has 0 saturated heterocycles. The average molecular weight is 789 g/mol. The minimum Gasteiger partial charge on any atom is -0.488 e. The second kappa shape index (κ2) is 17.9. The van der Waals surface area contributed by atoms with Gasteiger partial charge in [0.05, 0.1) is 23.2 Å². The number of rotatable bonds is 14. The number of urea groups is 1. The minimum absolute atomic E-state index is 0.0203. The van der Waals surface area contributed by atoms with Crippen molar-refractivity contribution in [2.45, 2.75) is 58.7 Å². The molecule has 6 N–H and O–H groups in total. The number of halogens is 1. The fourth-order valence-electron chi connectivity index (χ4n) is 6.85. The number of carbonyl (C=O) groups excluding carboxylic acids is 1. The van der Waals surface area contributed by atoms with Crippen molar-refractivity contribution in [3.05, 3.63) is 135 Å². The maximum atomic E-state index is 12.1. The Kier molecular flexibility index (Phi) is 12.8. The molecule has 1 aliphatic rings. The highest BCUT2D eigenvalue weighted by Gasteiger charge is 2.32. The Morgan fingerprint density at radius 2 is 1.70 bits per heavy atom. The summed E-state index contributed by atoms with van der Waals surface area (Å²) in [5.41, 5.74) is 9.75. The molecule has 6 rings (SSSR count). The van der Waals surface area contributed by atoms with E-state index in [1.807, 2.05) is 12.1 Å². The van der Waals surface area contributed by atoms with Gasteiger partial charge in [-0.15, -0.1) is 0 Å². The summed E-state index contributed by atoms with van der Waals surface area (Å²) in [5.74, 6) is -0.468. The Morgan fingerprint density at radius 3 is 2.44 bits per heavy atom. The zero-order valence-electron chi connectivity index (χ0n) is 32.2. The highest BCUT2D eigenvalue weighted by Crippen LogP contribution is 2.38. The molecule has 0 bridgehead atoms. The van der Waals surface area contributed by atoms with Crippen LogP contribution in [0.5, 0.6) is 11.5 Å². The largest absolute Gasteiger partial charge is 0.488 e. The third-order valence-corrected chi connectivity index (χ3v) is 10.7. The van der Waals surface area contributed by atoms with Gasteiger partial charge in [-0.1, -0.05) is 60.1 Å². The maximum Gasteiger partial charge on any atom is 0.326 e. The number of nitrogens with zero attached hydrogens (tertiary/aromatic N) is 2. The van der Waals surface area contributed by atoms with E-state index in [2.05, 4.69) is 88.6 Å². The van der Waals surface area contributed by atoms with Crippen LogP contribution in [0, 0.1) is 25.2 Å². The van der Waals surface area contributed by atoms with E-state index in [1.54, 1.807) is 31.4 Å². The van der Waals surface area contributed by atoms with Crippen molar-refractivity contribution in [2.24, 2.45) is 0 Å². The van der Waals surface area contributed by atoms with E-state index < -0.39 is 18.1 Å². The van der Waals surface area contributed by atoms with Crippen LogP contribution in [-0.2, 0) is 31.1 Å².